The molecule has 0 radical (unpaired) electrons. The second-order valence-electron chi connectivity index (χ2n) is 4.85. The van der Waals surface area contributed by atoms with E-state index in [2.05, 4.69) is 20.0 Å². The molecule has 1 aromatic carbocycles. The number of nitrogens with zero attached hydrogens (tertiary/aromatic N) is 3. The number of nitrogens with two attached hydrogens (primary N) is 2. The Labute approximate surface area is 130 Å². The molecule has 0 saturated carbocycles. The van der Waals surface area contributed by atoms with Gasteiger partial charge in [0.15, 0.2) is 5.65 Å². The maximum atomic E-state index is 12.4. The molecule has 0 amide bonds. The molecule has 2 heterocycles. The minimum Gasteiger partial charge on any atom is -0.383 e. The molecule has 0 aliphatic carbocycles. The number of hydrogen-bond donors (Lipinski definition) is 4. The number of nitrogen functional groups attached to an aromatic ring is 2. The normalized spacial score (nSPS) is 11.7. The lowest BCUT2D eigenvalue weighted by atomic mass is 10.2. The fourth-order valence-corrected chi connectivity index (χ4v) is 3.01. The first-order chi connectivity index (χ1) is 10.8. The summed E-state index contributed by atoms with van der Waals surface area (Å²) in [7, 11) is -4.02. The lowest BCUT2D eigenvalue weighted by molar-refractivity contribution is 0.594. The monoisotopic (exact) mass is 335 g/mol. The zero-order chi connectivity index (χ0) is 16.8. The highest BCUT2D eigenvalue weighted by Gasteiger charge is 2.20. The minimum absolute atomic E-state index is 0.00999. The summed E-state index contributed by atoms with van der Waals surface area (Å²) in [6.07, 6.45) is 0. The molecule has 3 rings (SSSR count). The van der Waals surface area contributed by atoms with Crippen molar-refractivity contribution in [3.8, 4) is 0 Å². The van der Waals surface area contributed by atoms with Crippen molar-refractivity contribution in [2.45, 2.75) is 11.8 Å². The van der Waals surface area contributed by atoms with Crippen molar-refractivity contribution in [1.82, 2.24) is 19.9 Å². The van der Waals surface area contributed by atoms with Crippen molar-refractivity contribution in [2.24, 2.45) is 0 Å². The maximum absolute atomic E-state index is 12.4. The molecule has 120 valence electrons. The summed E-state index contributed by atoms with van der Waals surface area (Å²) < 4.78 is 25.3. The van der Waals surface area contributed by atoms with Crippen LogP contribution in [0.3, 0.4) is 0 Å². The van der Waals surface area contributed by atoms with E-state index in [4.69, 9.17) is 11.5 Å². The molecule has 0 fully saturated rings. The van der Waals surface area contributed by atoms with Crippen LogP contribution in [-0.2, 0) is 10.0 Å². The Morgan fingerprint density at radius 3 is 2.52 bits per heavy atom. The molecular formula is C12H13N7O3S. The largest absolute Gasteiger partial charge is 0.383 e. The van der Waals surface area contributed by atoms with E-state index in [1.807, 2.05) is 6.92 Å². The van der Waals surface area contributed by atoms with Gasteiger partial charge in [-0.25, -0.2) is 4.83 Å². The Balaban J connectivity index is 2.12. The Kier molecular flexibility index (Phi) is 3.21. The lowest BCUT2D eigenvalue weighted by Crippen LogP contribution is -2.35. The van der Waals surface area contributed by atoms with Gasteiger partial charge in [-0.05, 0) is 19.1 Å². The van der Waals surface area contributed by atoms with Gasteiger partial charge in [0.1, 0.15) is 11.2 Å². The van der Waals surface area contributed by atoms with Crippen LogP contribution >= 0.6 is 0 Å². The number of nitrogens with one attached hydrogen (secondary N) is 2. The third kappa shape index (κ3) is 2.46. The fourth-order valence-electron chi connectivity index (χ4n) is 1.99. The van der Waals surface area contributed by atoms with E-state index in [0.29, 0.717) is 4.68 Å². The minimum atomic E-state index is -4.02. The molecule has 0 spiro atoms. The topological polar surface area (TPSA) is 162 Å². The van der Waals surface area contributed by atoms with Gasteiger partial charge in [-0.2, -0.15) is 23.2 Å². The molecule has 0 saturated heterocycles. The third-order valence-corrected chi connectivity index (χ3v) is 4.50. The number of fused-ring (bicyclic) bond motifs is 1. The van der Waals surface area contributed by atoms with E-state index in [9.17, 15) is 13.2 Å². The molecule has 2 aromatic heterocycles. The second kappa shape index (κ2) is 4.98. The van der Waals surface area contributed by atoms with Crippen LogP contribution in [0, 0.1) is 6.92 Å². The summed E-state index contributed by atoms with van der Waals surface area (Å²) in [6.45, 7) is 1.83. The zero-order valence-corrected chi connectivity index (χ0v) is 12.8. The molecule has 0 aliphatic heterocycles. The smallest absolute Gasteiger partial charge is 0.287 e. The molecule has 10 nitrogen and oxygen atoms in total. The van der Waals surface area contributed by atoms with Gasteiger partial charge in [-0.3, -0.25) is 9.89 Å². The van der Waals surface area contributed by atoms with E-state index in [1.54, 1.807) is 12.1 Å². The summed E-state index contributed by atoms with van der Waals surface area (Å²) in [5, 5.41) is 6.06. The standard InChI is InChI=1S/C12H13N7O3S/c1-6-2-4-7(5-3-6)23(21,22)18-19-11(20)8-9(13)16-17-10(8)15-12(19)14/h2-5,18H,1H3,(H5,13,14,15,16,17). The first-order valence-electron chi connectivity index (χ1n) is 6.41. The third-order valence-electron chi connectivity index (χ3n) is 3.18. The average Bonchev–Trinajstić information content (AvgIpc) is 2.85. The summed E-state index contributed by atoms with van der Waals surface area (Å²) in [5.74, 6) is -0.384. The van der Waals surface area contributed by atoms with Crippen LogP contribution < -0.4 is 21.9 Å². The van der Waals surface area contributed by atoms with E-state index < -0.39 is 15.6 Å². The first kappa shape index (κ1) is 14.8. The predicted molar refractivity (Wildman–Crippen MR) is 84.7 cm³/mol. The van der Waals surface area contributed by atoms with Gasteiger partial charge in [0.2, 0.25) is 5.95 Å². The predicted octanol–water partition coefficient (Wildman–Crippen LogP) is -0.475. The summed E-state index contributed by atoms with van der Waals surface area (Å²) >= 11 is 0. The molecule has 0 atom stereocenters. The van der Waals surface area contributed by atoms with E-state index >= 15 is 0 Å². The lowest BCUT2D eigenvalue weighted by Gasteiger charge is -2.12. The number of anilines is 2. The van der Waals surface area contributed by atoms with Gasteiger partial charge in [0.05, 0.1) is 4.90 Å². The van der Waals surface area contributed by atoms with E-state index in [-0.39, 0.29) is 27.7 Å². The Bertz CT molecular complexity index is 1050. The van der Waals surface area contributed by atoms with Crippen LogP contribution in [0.4, 0.5) is 11.8 Å². The first-order valence-corrected chi connectivity index (χ1v) is 7.89. The van der Waals surface area contributed by atoms with Crippen LogP contribution in [0.5, 0.6) is 0 Å². The maximum Gasteiger partial charge on any atom is 0.287 e. The summed E-state index contributed by atoms with van der Waals surface area (Å²) in [4.78, 5) is 18.3. The SMILES string of the molecule is Cc1ccc(S(=O)(=O)Nn2c(N)nc3n[nH]c(N)c3c2=O)cc1. The molecule has 0 aliphatic rings. The molecule has 0 bridgehead atoms. The summed E-state index contributed by atoms with van der Waals surface area (Å²) in [5.41, 5.74) is 11.4. The number of aryl methyl sites for hydroxylation is 1. The number of rotatable bonds is 3. The Hall–Kier alpha value is -3.08. The van der Waals surface area contributed by atoms with Crippen LogP contribution in [0.2, 0.25) is 0 Å². The molecule has 6 N–H and O–H groups in total. The molecular weight excluding hydrogens is 322 g/mol. The Morgan fingerprint density at radius 2 is 1.87 bits per heavy atom. The van der Waals surface area contributed by atoms with Gasteiger partial charge in [-0.15, -0.1) is 0 Å². The Morgan fingerprint density at radius 1 is 1.22 bits per heavy atom. The van der Waals surface area contributed by atoms with Gasteiger partial charge in [0.25, 0.3) is 15.6 Å². The van der Waals surface area contributed by atoms with Crippen molar-refractivity contribution in [3.63, 3.8) is 0 Å². The van der Waals surface area contributed by atoms with Crippen molar-refractivity contribution in [3.05, 3.63) is 40.2 Å². The van der Waals surface area contributed by atoms with Gasteiger partial charge < -0.3 is 11.5 Å². The number of aromatic nitrogens is 4. The van der Waals surface area contributed by atoms with Crippen molar-refractivity contribution in [1.29, 1.82) is 0 Å². The quantitative estimate of drug-likeness (QED) is 0.502. The van der Waals surface area contributed by atoms with Crippen LogP contribution in [-0.4, -0.2) is 28.3 Å². The zero-order valence-electron chi connectivity index (χ0n) is 11.9. The van der Waals surface area contributed by atoms with E-state index in [0.717, 1.165) is 5.56 Å². The van der Waals surface area contributed by atoms with Gasteiger partial charge in [-0.1, -0.05) is 17.7 Å². The number of hydrogen-bond acceptors (Lipinski definition) is 7. The van der Waals surface area contributed by atoms with Crippen LogP contribution in [0.25, 0.3) is 11.0 Å². The van der Waals surface area contributed by atoms with E-state index in [1.165, 1.54) is 12.1 Å². The van der Waals surface area contributed by atoms with Gasteiger partial charge >= 0.3 is 0 Å². The fraction of sp³-hybridized carbons (Fsp3) is 0.0833. The van der Waals surface area contributed by atoms with Crippen molar-refractivity contribution in [2.75, 3.05) is 16.3 Å². The molecule has 23 heavy (non-hydrogen) atoms. The molecule has 3 aromatic rings. The highest BCUT2D eigenvalue weighted by molar-refractivity contribution is 7.92. The number of aromatic amines is 1. The van der Waals surface area contributed by atoms with Crippen molar-refractivity contribution >= 4 is 32.8 Å². The molecule has 11 heteroatoms. The summed E-state index contributed by atoms with van der Waals surface area (Å²) in [6, 6.07) is 6.10. The van der Waals surface area contributed by atoms with Gasteiger partial charge in [0, 0.05) is 0 Å². The molecule has 0 unspecified atom stereocenters. The number of sulfonamides is 1. The van der Waals surface area contributed by atoms with Crippen LogP contribution in [0.1, 0.15) is 5.56 Å². The number of H-pyrrole nitrogens is 1. The highest BCUT2D eigenvalue weighted by atomic mass is 32.2. The second-order valence-corrected chi connectivity index (χ2v) is 6.52. The number of benzene rings is 1. The van der Waals surface area contributed by atoms with Crippen LogP contribution in [0.15, 0.2) is 34.0 Å². The highest BCUT2D eigenvalue weighted by Crippen LogP contribution is 2.14. The average molecular weight is 335 g/mol. The van der Waals surface area contributed by atoms with Crippen molar-refractivity contribution < 1.29 is 8.42 Å².